The van der Waals surface area contributed by atoms with E-state index < -0.39 is 6.10 Å². The molecule has 1 fully saturated rings. The minimum absolute atomic E-state index is 0.0347. The number of hydrogen-bond acceptors (Lipinski definition) is 5. The van der Waals surface area contributed by atoms with Crippen molar-refractivity contribution in [2.24, 2.45) is 5.92 Å². The van der Waals surface area contributed by atoms with Crippen LogP contribution in [-0.4, -0.2) is 32.9 Å². The van der Waals surface area contributed by atoms with E-state index in [2.05, 4.69) is 45.0 Å². The summed E-state index contributed by atoms with van der Waals surface area (Å²) >= 11 is 0. The van der Waals surface area contributed by atoms with Gasteiger partial charge in [0.05, 0.1) is 20.8 Å². The summed E-state index contributed by atoms with van der Waals surface area (Å²) in [5, 5.41) is 0. The fraction of sp³-hybridized carbons (Fsp3) is 0.483. The van der Waals surface area contributed by atoms with Crippen LogP contribution in [-0.2, 0) is 26.1 Å². The predicted octanol–water partition coefficient (Wildman–Crippen LogP) is 6.20. The lowest BCUT2D eigenvalue weighted by atomic mass is 9.85. The maximum absolute atomic E-state index is 12.9. The van der Waals surface area contributed by atoms with E-state index in [-0.39, 0.29) is 23.4 Å². The monoisotopic (exact) mass is 466 g/mol. The molecule has 0 saturated carbocycles. The molecule has 0 aliphatic carbocycles. The fourth-order valence-corrected chi connectivity index (χ4v) is 4.17. The molecule has 1 saturated heterocycles. The van der Waals surface area contributed by atoms with E-state index in [1.807, 2.05) is 32.0 Å². The average molecular weight is 467 g/mol. The first-order chi connectivity index (χ1) is 16.0. The van der Waals surface area contributed by atoms with Gasteiger partial charge in [0.25, 0.3) is 0 Å². The van der Waals surface area contributed by atoms with E-state index >= 15 is 0 Å². The van der Waals surface area contributed by atoms with Gasteiger partial charge in [-0.2, -0.15) is 0 Å². The second kappa shape index (κ2) is 10.6. The molecule has 1 aliphatic rings. The summed E-state index contributed by atoms with van der Waals surface area (Å²) < 4.78 is 23.2. The third-order valence-electron chi connectivity index (χ3n) is 6.61. The van der Waals surface area contributed by atoms with Crippen molar-refractivity contribution in [3.63, 3.8) is 0 Å². The van der Waals surface area contributed by atoms with Crippen molar-refractivity contribution in [3.8, 4) is 11.5 Å². The molecule has 1 heterocycles. The highest BCUT2D eigenvalue weighted by atomic mass is 16.6. The minimum Gasteiger partial charge on any atom is -0.493 e. The van der Waals surface area contributed by atoms with Crippen LogP contribution in [0.4, 0.5) is 0 Å². The first-order valence-corrected chi connectivity index (χ1v) is 11.8. The maximum Gasteiger partial charge on any atom is 0.334 e. The van der Waals surface area contributed by atoms with Crippen LogP contribution in [0.5, 0.6) is 11.5 Å². The third kappa shape index (κ3) is 5.82. The zero-order chi connectivity index (χ0) is 25.0. The molecule has 3 atom stereocenters. The number of carbonyl (C=O) groups is 1. The standard InChI is InChI=1S/C29H38O5/c1-18(2)19(3)28(30)34-27-22(15-20-9-12-23(13-10-20)29(4,5)6)17-33-26(27)21-11-14-24(31-7)25(16-21)32-8/h9-14,16,22,26-27H,15,17H2,1-8H3/t22-,26+,27-/m1/s1. The first-order valence-electron chi connectivity index (χ1n) is 11.8. The van der Waals surface area contributed by atoms with Gasteiger partial charge in [0.2, 0.25) is 0 Å². The molecule has 0 N–H and O–H groups in total. The molecule has 5 heteroatoms. The highest BCUT2D eigenvalue weighted by Gasteiger charge is 2.41. The molecule has 3 rings (SSSR count). The van der Waals surface area contributed by atoms with Gasteiger partial charge in [0, 0.05) is 11.5 Å². The van der Waals surface area contributed by atoms with Crippen molar-refractivity contribution < 1.29 is 23.7 Å². The Bertz CT molecular complexity index is 1030. The van der Waals surface area contributed by atoms with Crippen LogP contribution in [0.1, 0.15) is 64.3 Å². The second-order valence-corrected chi connectivity index (χ2v) is 10.3. The topological polar surface area (TPSA) is 54.0 Å². The lowest BCUT2D eigenvalue weighted by Crippen LogP contribution is -2.30. The first kappa shape index (κ1) is 25.8. The van der Waals surface area contributed by atoms with Crippen LogP contribution in [0.15, 0.2) is 53.6 Å². The molecule has 0 spiro atoms. The van der Waals surface area contributed by atoms with Crippen molar-refractivity contribution >= 4 is 5.97 Å². The van der Waals surface area contributed by atoms with E-state index in [1.54, 1.807) is 21.1 Å². The average Bonchev–Trinajstić information content (AvgIpc) is 3.19. The van der Waals surface area contributed by atoms with Gasteiger partial charge < -0.3 is 18.9 Å². The number of ether oxygens (including phenoxy) is 4. The van der Waals surface area contributed by atoms with Crippen molar-refractivity contribution in [1.29, 1.82) is 0 Å². The molecule has 2 aromatic carbocycles. The molecule has 0 unspecified atom stereocenters. The second-order valence-electron chi connectivity index (χ2n) is 10.3. The maximum atomic E-state index is 12.9. The summed E-state index contributed by atoms with van der Waals surface area (Å²) in [7, 11) is 3.22. The van der Waals surface area contributed by atoms with Crippen molar-refractivity contribution in [2.45, 2.75) is 65.6 Å². The molecular formula is C29H38O5. The molecule has 0 aromatic heterocycles. The van der Waals surface area contributed by atoms with Gasteiger partial charge in [0.15, 0.2) is 11.5 Å². The van der Waals surface area contributed by atoms with Gasteiger partial charge in [0.1, 0.15) is 12.2 Å². The van der Waals surface area contributed by atoms with Crippen LogP contribution < -0.4 is 9.47 Å². The Morgan fingerprint density at radius 3 is 2.18 bits per heavy atom. The van der Waals surface area contributed by atoms with E-state index in [0.29, 0.717) is 23.7 Å². The number of hydrogen-bond donors (Lipinski definition) is 0. The minimum atomic E-state index is -0.415. The van der Waals surface area contributed by atoms with Crippen LogP contribution in [0.2, 0.25) is 0 Å². The third-order valence-corrected chi connectivity index (χ3v) is 6.61. The van der Waals surface area contributed by atoms with E-state index in [0.717, 1.165) is 17.6 Å². The van der Waals surface area contributed by atoms with Gasteiger partial charge in [-0.25, -0.2) is 4.79 Å². The summed E-state index contributed by atoms with van der Waals surface area (Å²) in [5.41, 5.74) is 5.08. The Labute approximate surface area is 204 Å². The Hall–Kier alpha value is -2.79. The van der Waals surface area contributed by atoms with Crippen LogP contribution in [0.25, 0.3) is 0 Å². The molecule has 0 amide bonds. The molecule has 0 bridgehead atoms. The lowest BCUT2D eigenvalue weighted by molar-refractivity contribution is -0.148. The smallest absolute Gasteiger partial charge is 0.334 e. The quantitative estimate of drug-likeness (QED) is 0.359. The molecular weight excluding hydrogens is 428 g/mol. The predicted molar refractivity (Wildman–Crippen MR) is 135 cm³/mol. The number of rotatable bonds is 7. The zero-order valence-corrected chi connectivity index (χ0v) is 21.7. The molecule has 184 valence electrons. The lowest BCUT2D eigenvalue weighted by Gasteiger charge is -2.25. The van der Waals surface area contributed by atoms with Gasteiger partial charge >= 0.3 is 5.97 Å². The van der Waals surface area contributed by atoms with Crippen LogP contribution in [0, 0.1) is 5.92 Å². The van der Waals surface area contributed by atoms with E-state index in [9.17, 15) is 4.79 Å². The largest absolute Gasteiger partial charge is 0.493 e. The molecule has 34 heavy (non-hydrogen) atoms. The van der Waals surface area contributed by atoms with Gasteiger partial charge in [-0.15, -0.1) is 0 Å². The Kier molecular flexibility index (Phi) is 8.09. The highest BCUT2D eigenvalue weighted by molar-refractivity contribution is 5.88. The van der Waals surface area contributed by atoms with Crippen LogP contribution in [0.3, 0.4) is 0 Å². The Balaban J connectivity index is 1.90. The van der Waals surface area contributed by atoms with Crippen molar-refractivity contribution in [2.75, 3.05) is 20.8 Å². The SMILES string of the molecule is COc1ccc([C@@H]2OC[C@@H](Cc3ccc(C(C)(C)C)cc3)[C@H]2OC(=O)C(C)=C(C)C)cc1OC. The summed E-state index contributed by atoms with van der Waals surface area (Å²) in [6, 6.07) is 14.4. The van der Waals surface area contributed by atoms with E-state index in [4.69, 9.17) is 18.9 Å². The molecule has 2 aromatic rings. The Morgan fingerprint density at radius 2 is 1.62 bits per heavy atom. The highest BCUT2D eigenvalue weighted by Crippen LogP contribution is 2.40. The summed E-state index contributed by atoms with van der Waals surface area (Å²) in [6.07, 6.45) is -0.0326. The number of benzene rings is 2. The number of esters is 1. The fourth-order valence-electron chi connectivity index (χ4n) is 4.17. The summed E-state index contributed by atoms with van der Waals surface area (Å²) in [6.45, 7) is 12.8. The van der Waals surface area contributed by atoms with Crippen LogP contribution >= 0.6 is 0 Å². The zero-order valence-electron chi connectivity index (χ0n) is 21.7. The molecule has 5 nitrogen and oxygen atoms in total. The number of carbonyl (C=O) groups excluding carboxylic acids is 1. The Morgan fingerprint density at radius 1 is 0.971 bits per heavy atom. The number of methoxy groups -OCH3 is 2. The van der Waals surface area contributed by atoms with E-state index in [1.165, 1.54) is 11.1 Å². The summed E-state index contributed by atoms with van der Waals surface area (Å²) in [5.74, 6) is 1.01. The van der Waals surface area contributed by atoms with Gasteiger partial charge in [-0.05, 0) is 61.4 Å². The van der Waals surface area contributed by atoms with Crippen molar-refractivity contribution in [3.05, 3.63) is 70.3 Å². The molecule has 0 radical (unpaired) electrons. The summed E-state index contributed by atoms with van der Waals surface area (Å²) in [4.78, 5) is 12.9. The van der Waals surface area contributed by atoms with Crippen molar-refractivity contribution in [1.82, 2.24) is 0 Å². The van der Waals surface area contributed by atoms with Gasteiger partial charge in [-0.1, -0.05) is 56.7 Å². The number of allylic oxidation sites excluding steroid dienone is 1. The molecule has 1 aliphatic heterocycles. The van der Waals surface area contributed by atoms with Gasteiger partial charge in [-0.3, -0.25) is 0 Å². The normalized spacial score (nSPS) is 20.1.